The summed E-state index contributed by atoms with van der Waals surface area (Å²) < 4.78 is 29.4. The van der Waals surface area contributed by atoms with Crippen molar-refractivity contribution in [2.24, 2.45) is 0 Å². The minimum Gasteiger partial charge on any atom is -0.352 e. The van der Waals surface area contributed by atoms with Crippen LogP contribution in [0.3, 0.4) is 0 Å². The number of hydrogen-bond donors (Lipinski definition) is 1. The highest BCUT2D eigenvalue weighted by Gasteiger charge is 2.35. The largest absolute Gasteiger partial charge is 0.352 e. The third-order valence-electron chi connectivity index (χ3n) is 7.86. The minimum absolute atomic E-state index is 0.0904. The highest BCUT2D eigenvalue weighted by atomic mass is 35.5. The summed E-state index contributed by atoms with van der Waals surface area (Å²) in [6.07, 6.45) is 4.35. The molecule has 0 aliphatic heterocycles. The number of nitrogens with zero attached hydrogens (tertiary/aromatic N) is 2. The Morgan fingerprint density at radius 2 is 1.55 bits per heavy atom. The van der Waals surface area contributed by atoms with Crippen molar-refractivity contribution in [3.8, 4) is 0 Å². The third-order valence-corrected chi connectivity index (χ3v) is 9.89. The fraction of sp³-hybridized carbons (Fsp3) is 0.394. The van der Waals surface area contributed by atoms with Crippen molar-refractivity contribution in [1.29, 1.82) is 0 Å². The molecule has 2 amide bonds. The molecule has 1 fully saturated rings. The first-order chi connectivity index (χ1) is 20.0. The minimum atomic E-state index is -4.12. The number of rotatable bonds is 11. The van der Waals surface area contributed by atoms with Crippen molar-refractivity contribution in [3.05, 3.63) is 94.0 Å². The second-order valence-corrected chi connectivity index (χ2v) is 13.5. The summed E-state index contributed by atoms with van der Waals surface area (Å²) in [6, 6.07) is 18.5. The first-order valence-corrected chi connectivity index (χ1v) is 16.3. The topological polar surface area (TPSA) is 86.8 Å². The molecule has 1 N–H and O–H groups in total. The van der Waals surface area contributed by atoms with Gasteiger partial charge in [0, 0.05) is 17.6 Å². The van der Waals surface area contributed by atoms with Crippen LogP contribution in [0.15, 0.2) is 71.6 Å². The van der Waals surface area contributed by atoms with Crippen LogP contribution in [0.4, 0.5) is 5.69 Å². The van der Waals surface area contributed by atoms with Crippen molar-refractivity contribution >= 4 is 39.1 Å². The van der Waals surface area contributed by atoms with Gasteiger partial charge in [-0.05, 0) is 81.5 Å². The summed E-state index contributed by atoms with van der Waals surface area (Å²) in [5.41, 5.74) is 3.85. The lowest BCUT2D eigenvalue weighted by molar-refractivity contribution is -0.140. The molecule has 0 heterocycles. The quantitative estimate of drug-likeness (QED) is 0.275. The van der Waals surface area contributed by atoms with Gasteiger partial charge in [-0.2, -0.15) is 0 Å². The molecule has 1 aliphatic carbocycles. The van der Waals surface area contributed by atoms with E-state index in [1.165, 1.54) is 9.21 Å². The Bertz CT molecular complexity index is 1500. The van der Waals surface area contributed by atoms with Gasteiger partial charge in [-0.1, -0.05) is 78.9 Å². The standard InChI is InChI=1S/C33H40ClN3O4S/c1-5-30(33(39)35-28-8-6-7-9-28)36(21-26-13-15-27(34)16-14-26)32(38)22-37(31-19-12-24(3)20-25(31)4)42(40,41)29-17-10-23(2)11-18-29/h10-20,28,30H,5-9,21-22H2,1-4H3,(H,35,39)/t30-/m0/s1. The van der Waals surface area contributed by atoms with Crippen LogP contribution in [0.5, 0.6) is 0 Å². The summed E-state index contributed by atoms with van der Waals surface area (Å²) >= 11 is 6.11. The second-order valence-electron chi connectivity index (χ2n) is 11.2. The van der Waals surface area contributed by atoms with Crippen LogP contribution in [0.1, 0.15) is 61.3 Å². The van der Waals surface area contributed by atoms with E-state index in [1.54, 1.807) is 42.5 Å². The number of carbonyl (C=O) groups excluding carboxylic acids is 2. The van der Waals surface area contributed by atoms with Gasteiger partial charge in [0.05, 0.1) is 10.6 Å². The maximum atomic E-state index is 14.3. The molecule has 1 aliphatic rings. The summed E-state index contributed by atoms with van der Waals surface area (Å²) in [5.74, 6) is -0.680. The van der Waals surface area contributed by atoms with Crippen LogP contribution in [-0.2, 0) is 26.2 Å². The molecule has 4 rings (SSSR count). The molecule has 0 aromatic heterocycles. The first-order valence-electron chi connectivity index (χ1n) is 14.5. The van der Waals surface area contributed by atoms with Gasteiger partial charge >= 0.3 is 0 Å². The molecule has 1 atom stereocenters. The van der Waals surface area contributed by atoms with E-state index >= 15 is 0 Å². The van der Waals surface area contributed by atoms with Crippen molar-refractivity contribution in [1.82, 2.24) is 10.2 Å². The summed E-state index contributed by atoms with van der Waals surface area (Å²) in [5, 5.41) is 3.70. The van der Waals surface area contributed by atoms with Gasteiger partial charge < -0.3 is 10.2 Å². The maximum absolute atomic E-state index is 14.3. The van der Waals surface area contributed by atoms with E-state index in [0.29, 0.717) is 17.1 Å². The number of halogens is 1. The number of nitrogens with one attached hydrogen (secondary N) is 1. The molecule has 9 heteroatoms. The lowest BCUT2D eigenvalue weighted by Gasteiger charge is -2.34. The predicted molar refractivity (Wildman–Crippen MR) is 168 cm³/mol. The Morgan fingerprint density at radius 3 is 2.14 bits per heavy atom. The lowest BCUT2D eigenvalue weighted by Crippen LogP contribution is -2.53. The Hall–Kier alpha value is -3.36. The van der Waals surface area contributed by atoms with Crippen LogP contribution in [0.2, 0.25) is 5.02 Å². The van der Waals surface area contributed by atoms with Gasteiger partial charge in [-0.25, -0.2) is 8.42 Å². The number of sulfonamides is 1. The fourth-order valence-electron chi connectivity index (χ4n) is 5.51. The fourth-order valence-corrected chi connectivity index (χ4v) is 7.11. The highest BCUT2D eigenvalue weighted by Crippen LogP contribution is 2.29. The normalized spacial score (nSPS) is 14.4. The molecule has 0 unspecified atom stereocenters. The SMILES string of the molecule is CC[C@@H](C(=O)NC1CCCC1)N(Cc1ccc(Cl)cc1)C(=O)CN(c1ccc(C)cc1C)S(=O)(=O)c1ccc(C)cc1. The summed E-state index contributed by atoms with van der Waals surface area (Å²) in [4.78, 5) is 29.4. The number of amides is 2. The smallest absolute Gasteiger partial charge is 0.264 e. The Balaban J connectivity index is 1.73. The van der Waals surface area contributed by atoms with Crippen molar-refractivity contribution in [2.45, 2.75) is 83.3 Å². The Kier molecular flexibility index (Phi) is 10.3. The van der Waals surface area contributed by atoms with Gasteiger partial charge in [0.15, 0.2) is 0 Å². The van der Waals surface area contributed by atoms with E-state index in [1.807, 2.05) is 52.0 Å². The number of carbonyl (C=O) groups is 2. The molecule has 3 aromatic rings. The summed E-state index contributed by atoms with van der Waals surface area (Å²) in [7, 11) is -4.12. The molecule has 42 heavy (non-hydrogen) atoms. The van der Waals surface area contributed by atoms with E-state index < -0.39 is 28.5 Å². The van der Waals surface area contributed by atoms with Crippen LogP contribution in [0, 0.1) is 20.8 Å². The second kappa shape index (κ2) is 13.7. The lowest BCUT2D eigenvalue weighted by atomic mass is 10.1. The molecule has 1 saturated carbocycles. The zero-order valence-electron chi connectivity index (χ0n) is 24.8. The number of aryl methyl sites for hydroxylation is 3. The van der Waals surface area contributed by atoms with Gasteiger partial charge in [-0.3, -0.25) is 13.9 Å². The molecule has 0 radical (unpaired) electrons. The molecule has 0 saturated heterocycles. The Labute approximate surface area is 254 Å². The van der Waals surface area contributed by atoms with E-state index in [0.717, 1.165) is 47.9 Å². The average molecular weight is 610 g/mol. The van der Waals surface area contributed by atoms with Crippen molar-refractivity contribution in [2.75, 3.05) is 10.8 Å². The molecule has 224 valence electrons. The molecule has 7 nitrogen and oxygen atoms in total. The maximum Gasteiger partial charge on any atom is 0.264 e. The average Bonchev–Trinajstić information content (AvgIpc) is 3.46. The number of benzene rings is 3. The van der Waals surface area contributed by atoms with Crippen LogP contribution in [-0.4, -0.2) is 43.8 Å². The monoisotopic (exact) mass is 609 g/mol. The van der Waals surface area contributed by atoms with E-state index in [9.17, 15) is 18.0 Å². The van der Waals surface area contributed by atoms with Crippen LogP contribution in [0.25, 0.3) is 0 Å². The van der Waals surface area contributed by atoms with Gasteiger partial charge in [0.2, 0.25) is 11.8 Å². The molecular weight excluding hydrogens is 570 g/mol. The molecule has 3 aromatic carbocycles. The van der Waals surface area contributed by atoms with Crippen molar-refractivity contribution < 1.29 is 18.0 Å². The first kappa shape index (κ1) is 31.6. The van der Waals surface area contributed by atoms with Crippen LogP contribution < -0.4 is 9.62 Å². The van der Waals surface area contributed by atoms with Gasteiger partial charge in [0.25, 0.3) is 10.0 Å². The third kappa shape index (κ3) is 7.53. The van der Waals surface area contributed by atoms with Crippen molar-refractivity contribution in [3.63, 3.8) is 0 Å². The molecule has 0 bridgehead atoms. The highest BCUT2D eigenvalue weighted by molar-refractivity contribution is 7.92. The van der Waals surface area contributed by atoms with E-state index in [-0.39, 0.29) is 23.4 Å². The van der Waals surface area contributed by atoms with E-state index in [4.69, 9.17) is 11.6 Å². The number of hydrogen-bond acceptors (Lipinski definition) is 4. The molecule has 0 spiro atoms. The van der Waals surface area contributed by atoms with Gasteiger partial charge in [-0.15, -0.1) is 0 Å². The summed E-state index contributed by atoms with van der Waals surface area (Å²) in [6.45, 7) is 7.20. The van der Waals surface area contributed by atoms with E-state index in [2.05, 4.69) is 5.32 Å². The van der Waals surface area contributed by atoms with Gasteiger partial charge in [0.1, 0.15) is 12.6 Å². The molecular formula is C33H40ClN3O4S. The Morgan fingerprint density at radius 1 is 0.929 bits per heavy atom. The van der Waals surface area contributed by atoms with Crippen LogP contribution >= 0.6 is 11.6 Å². The predicted octanol–water partition coefficient (Wildman–Crippen LogP) is 6.33. The zero-order valence-corrected chi connectivity index (χ0v) is 26.3. The number of anilines is 1. The zero-order chi connectivity index (χ0) is 30.4.